The highest BCUT2D eigenvalue weighted by atomic mass is 35.5. The van der Waals surface area contributed by atoms with Crippen LogP contribution in [0.3, 0.4) is 0 Å². The van der Waals surface area contributed by atoms with Gasteiger partial charge in [0.2, 0.25) is 0 Å². The van der Waals surface area contributed by atoms with Crippen LogP contribution in [0.4, 0.5) is 8.78 Å². The van der Waals surface area contributed by atoms with Gasteiger partial charge in [-0.1, -0.05) is 29.8 Å². The number of alkyl halides is 2. The van der Waals surface area contributed by atoms with Crippen LogP contribution in [0, 0.1) is 0 Å². The summed E-state index contributed by atoms with van der Waals surface area (Å²) in [4.78, 5) is 9.37. The van der Waals surface area contributed by atoms with Gasteiger partial charge in [0.05, 0.1) is 19.7 Å². The molecule has 136 valence electrons. The van der Waals surface area contributed by atoms with E-state index in [1.165, 1.54) is 0 Å². The largest absolute Gasteiger partial charge is 0.496 e. The third-order valence-corrected chi connectivity index (χ3v) is 5.09. The molecule has 0 spiro atoms. The van der Waals surface area contributed by atoms with Gasteiger partial charge in [-0.2, -0.15) is 0 Å². The van der Waals surface area contributed by atoms with E-state index >= 15 is 0 Å². The van der Waals surface area contributed by atoms with E-state index in [2.05, 4.69) is 16.0 Å². The van der Waals surface area contributed by atoms with E-state index in [0.29, 0.717) is 23.9 Å². The number of halogens is 3. The van der Waals surface area contributed by atoms with E-state index in [0.717, 1.165) is 27.7 Å². The molecule has 1 atom stereocenters. The molecule has 0 amide bonds. The Morgan fingerprint density at radius 2 is 2.19 bits per heavy atom. The number of aromatic amines is 1. The summed E-state index contributed by atoms with van der Waals surface area (Å²) < 4.78 is 31.9. The summed E-state index contributed by atoms with van der Waals surface area (Å²) in [5.41, 5.74) is 3.81. The van der Waals surface area contributed by atoms with Gasteiger partial charge in [0.15, 0.2) is 0 Å². The van der Waals surface area contributed by atoms with Crippen molar-refractivity contribution in [2.24, 2.45) is 0 Å². The first-order valence-electron chi connectivity index (χ1n) is 8.39. The summed E-state index contributed by atoms with van der Waals surface area (Å²) in [6.07, 6.45) is -0.0914. The topological polar surface area (TPSA) is 41.1 Å². The van der Waals surface area contributed by atoms with E-state index in [9.17, 15) is 8.78 Å². The lowest BCUT2D eigenvalue weighted by Crippen LogP contribution is -2.39. The molecule has 3 heterocycles. The summed E-state index contributed by atoms with van der Waals surface area (Å²) in [6, 6.07) is 9.23. The second-order valence-corrected chi connectivity index (χ2v) is 6.74. The zero-order valence-electron chi connectivity index (χ0n) is 14.2. The molecule has 0 saturated heterocycles. The van der Waals surface area contributed by atoms with Crippen molar-refractivity contribution in [3.05, 3.63) is 58.5 Å². The molecule has 26 heavy (non-hydrogen) atoms. The molecule has 1 N–H and O–H groups in total. The number of pyridine rings is 1. The molecule has 2 aromatic heterocycles. The number of H-pyrrole nitrogens is 1. The second-order valence-electron chi connectivity index (χ2n) is 6.35. The van der Waals surface area contributed by atoms with Gasteiger partial charge in [-0.25, -0.2) is 13.8 Å². The van der Waals surface area contributed by atoms with Gasteiger partial charge in [0, 0.05) is 41.0 Å². The van der Waals surface area contributed by atoms with Crippen molar-refractivity contribution < 1.29 is 13.5 Å². The zero-order chi connectivity index (χ0) is 18.3. The molecular formula is C19H18ClF2N3O. The molecule has 4 rings (SSSR count). The molecule has 1 aromatic carbocycles. The van der Waals surface area contributed by atoms with Crippen LogP contribution in [0.2, 0.25) is 5.15 Å². The van der Waals surface area contributed by atoms with Gasteiger partial charge in [-0.15, -0.1) is 0 Å². The number of rotatable bonds is 4. The van der Waals surface area contributed by atoms with Crippen LogP contribution in [0.5, 0.6) is 5.75 Å². The summed E-state index contributed by atoms with van der Waals surface area (Å²) in [6.45, 7) is 0.223. The van der Waals surface area contributed by atoms with Gasteiger partial charge in [0.1, 0.15) is 10.9 Å². The second kappa shape index (κ2) is 6.85. The van der Waals surface area contributed by atoms with Crippen molar-refractivity contribution in [2.75, 3.05) is 20.2 Å². The molecular weight excluding hydrogens is 360 g/mol. The van der Waals surface area contributed by atoms with E-state index in [-0.39, 0.29) is 12.6 Å². The average molecular weight is 378 g/mol. The van der Waals surface area contributed by atoms with E-state index in [1.54, 1.807) is 24.3 Å². The minimum absolute atomic E-state index is 0.304. The fourth-order valence-electron chi connectivity index (χ4n) is 3.82. The third kappa shape index (κ3) is 2.93. The summed E-state index contributed by atoms with van der Waals surface area (Å²) in [5.74, 6) is 0.542. The van der Waals surface area contributed by atoms with Crippen LogP contribution in [-0.4, -0.2) is 41.5 Å². The van der Waals surface area contributed by atoms with Crippen molar-refractivity contribution in [3.8, 4) is 5.75 Å². The Bertz CT molecular complexity index is 944. The molecule has 0 aliphatic carbocycles. The SMILES string of the molecule is COc1cc(Cl)ncc1C1c2[nH]c3ccccc3c2CCN1CC(F)F. The van der Waals surface area contributed by atoms with Gasteiger partial charge >= 0.3 is 0 Å². The predicted molar refractivity (Wildman–Crippen MR) is 97.2 cm³/mol. The fraction of sp³-hybridized carbons (Fsp3) is 0.316. The van der Waals surface area contributed by atoms with Crippen LogP contribution in [0.1, 0.15) is 22.9 Å². The molecule has 1 aliphatic heterocycles. The average Bonchev–Trinajstić information content (AvgIpc) is 3.00. The summed E-state index contributed by atoms with van der Waals surface area (Å²) >= 11 is 5.99. The molecule has 0 bridgehead atoms. The van der Waals surface area contributed by atoms with Crippen LogP contribution >= 0.6 is 11.6 Å². The lowest BCUT2D eigenvalue weighted by Gasteiger charge is -2.36. The Morgan fingerprint density at radius 1 is 1.38 bits per heavy atom. The Morgan fingerprint density at radius 3 is 2.96 bits per heavy atom. The van der Waals surface area contributed by atoms with Gasteiger partial charge in [0.25, 0.3) is 6.43 Å². The van der Waals surface area contributed by atoms with Gasteiger partial charge < -0.3 is 9.72 Å². The number of methoxy groups -OCH3 is 1. The van der Waals surface area contributed by atoms with E-state index in [1.807, 2.05) is 18.2 Å². The number of benzene rings is 1. The molecule has 1 unspecified atom stereocenters. The number of ether oxygens (including phenoxy) is 1. The van der Waals surface area contributed by atoms with Crippen molar-refractivity contribution >= 4 is 22.5 Å². The minimum Gasteiger partial charge on any atom is -0.496 e. The Hall–Kier alpha value is -2.18. The maximum absolute atomic E-state index is 13.2. The Labute approximate surface area is 154 Å². The smallest absolute Gasteiger partial charge is 0.251 e. The Kier molecular flexibility index (Phi) is 4.54. The van der Waals surface area contributed by atoms with Crippen LogP contribution in [0.15, 0.2) is 36.5 Å². The number of aromatic nitrogens is 2. The van der Waals surface area contributed by atoms with Crippen molar-refractivity contribution in [1.29, 1.82) is 0 Å². The Balaban J connectivity index is 1.90. The molecule has 1 aliphatic rings. The molecule has 7 heteroatoms. The molecule has 4 nitrogen and oxygen atoms in total. The third-order valence-electron chi connectivity index (χ3n) is 4.88. The standard InChI is InChI=1S/C19H18ClF2N3O/c1-26-15-8-16(20)23-9-13(15)19-18-12(6-7-25(19)10-17(21)22)11-4-2-3-5-14(11)24-18/h2-5,8-9,17,19,24H,6-7,10H2,1H3. The van der Waals surface area contributed by atoms with Crippen LogP contribution in [0.25, 0.3) is 10.9 Å². The normalized spacial score (nSPS) is 17.7. The monoisotopic (exact) mass is 377 g/mol. The van der Waals surface area contributed by atoms with Crippen molar-refractivity contribution in [3.63, 3.8) is 0 Å². The van der Waals surface area contributed by atoms with E-state index in [4.69, 9.17) is 16.3 Å². The number of nitrogens with one attached hydrogen (secondary N) is 1. The lowest BCUT2D eigenvalue weighted by atomic mass is 9.92. The summed E-state index contributed by atoms with van der Waals surface area (Å²) in [5, 5.41) is 1.43. The molecule has 0 saturated carbocycles. The highest BCUT2D eigenvalue weighted by molar-refractivity contribution is 6.29. The quantitative estimate of drug-likeness (QED) is 0.683. The maximum Gasteiger partial charge on any atom is 0.251 e. The molecule has 3 aromatic rings. The number of hydrogen-bond donors (Lipinski definition) is 1. The number of hydrogen-bond acceptors (Lipinski definition) is 3. The maximum atomic E-state index is 13.2. The fourth-order valence-corrected chi connectivity index (χ4v) is 3.97. The van der Waals surface area contributed by atoms with Crippen molar-refractivity contribution in [2.45, 2.75) is 18.9 Å². The lowest BCUT2D eigenvalue weighted by molar-refractivity contribution is 0.0690. The van der Waals surface area contributed by atoms with Gasteiger partial charge in [-0.05, 0) is 18.1 Å². The van der Waals surface area contributed by atoms with Crippen molar-refractivity contribution in [1.82, 2.24) is 14.9 Å². The summed E-state index contributed by atoms with van der Waals surface area (Å²) in [7, 11) is 1.54. The first-order chi connectivity index (χ1) is 12.6. The highest BCUT2D eigenvalue weighted by Crippen LogP contribution is 2.41. The molecule has 0 radical (unpaired) electrons. The van der Waals surface area contributed by atoms with Gasteiger partial charge in [-0.3, -0.25) is 4.90 Å². The highest BCUT2D eigenvalue weighted by Gasteiger charge is 2.34. The number of fused-ring (bicyclic) bond motifs is 3. The predicted octanol–water partition coefficient (Wildman–Crippen LogP) is 4.44. The number of nitrogens with zero attached hydrogens (tertiary/aromatic N) is 2. The van der Waals surface area contributed by atoms with E-state index < -0.39 is 6.43 Å². The zero-order valence-corrected chi connectivity index (χ0v) is 14.9. The minimum atomic E-state index is -2.42. The first-order valence-corrected chi connectivity index (χ1v) is 8.77. The number of para-hydroxylation sites is 1. The first kappa shape index (κ1) is 17.2. The molecule has 0 fully saturated rings. The van der Waals surface area contributed by atoms with Crippen LogP contribution < -0.4 is 4.74 Å². The van der Waals surface area contributed by atoms with Crippen LogP contribution in [-0.2, 0) is 6.42 Å².